The fourth-order valence-electron chi connectivity index (χ4n) is 1.44. The summed E-state index contributed by atoms with van der Waals surface area (Å²) in [6, 6.07) is 0. The molecule has 0 fully saturated rings. The van der Waals surface area contributed by atoms with Crippen molar-refractivity contribution in [2.24, 2.45) is 0 Å². The maximum Gasteiger partial charge on any atom is 0.330 e. The maximum absolute atomic E-state index is 10.9. The van der Waals surface area contributed by atoms with Crippen LogP contribution < -0.4 is 0 Å². The topological polar surface area (TPSA) is 26.3 Å². The number of carbonyl (C=O) groups is 1. The van der Waals surface area contributed by atoms with Crippen LogP contribution in [0.15, 0.2) is 36.5 Å². The normalized spacial score (nSPS) is 11.9. The second-order valence-electron chi connectivity index (χ2n) is 4.08. The van der Waals surface area contributed by atoms with E-state index >= 15 is 0 Å². The highest BCUT2D eigenvalue weighted by molar-refractivity contribution is 5.82. The fourth-order valence-corrected chi connectivity index (χ4v) is 1.44. The minimum atomic E-state index is -0.280. The molecule has 0 aliphatic rings. The summed E-state index contributed by atoms with van der Waals surface area (Å²) >= 11 is 0. The third kappa shape index (κ3) is 12.8. The fraction of sp³-hybridized carbons (Fsp3) is 0.562. The number of esters is 1. The molecule has 0 aliphatic carbocycles. The van der Waals surface area contributed by atoms with Crippen LogP contribution in [0.4, 0.5) is 0 Å². The molecule has 0 heterocycles. The summed E-state index contributed by atoms with van der Waals surface area (Å²) in [4.78, 5) is 10.9. The molecule has 0 amide bonds. The van der Waals surface area contributed by atoms with E-state index in [2.05, 4.69) is 25.2 Å². The first-order valence-electron chi connectivity index (χ1n) is 6.96. The highest BCUT2D eigenvalue weighted by Crippen LogP contribution is 2.01. The average molecular weight is 250 g/mol. The zero-order valence-corrected chi connectivity index (χ0v) is 11.7. The van der Waals surface area contributed by atoms with Crippen molar-refractivity contribution in [3.8, 4) is 0 Å². The summed E-state index contributed by atoms with van der Waals surface area (Å²) < 4.78 is 4.76. The van der Waals surface area contributed by atoms with Gasteiger partial charge >= 0.3 is 5.97 Å². The largest absolute Gasteiger partial charge is 0.463 e. The van der Waals surface area contributed by atoms with E-state index in [1.165, 1.54) is 31.8 Å². The van der Waals surface area contributed by atoms with Gasteiger partial charge in [0.05, 0.1) is 6.61 Å². The Bertz CT molecular complexity index is 275. The van der Waals surface area contributed by atoms with Gasteiger partial charge in [-0.15, -0.1) is 0 Å². The molecule has 0 saturated heterocycles. The molecule has 0 unspecified atom stereocenters. The number of rotatable bonds is 10. The van der Waals surface area contributed by atoms with Gasteiger partial charge in [0.15, 0.2) is 0 Å². The first-order valence-corrected chi connectivity index (χ1v) is 6.96. The Kier molecular flexibility index (Phi) is 12.8. The first-order chi connectivity index (χ1) is 8.81. The Labute approximate surface area is 111 Å². The zero-order valence-electron chi connectivity index (χ0n) is 11.7. The van der Waals surface area contributed by atoms with Crippen LogP contribution in [0.3, 0.4) is 0 Å². The van der Waals surface area contributed by atoms with Crippen LogP contribution in [0, 0.1) is 0 Å². The van der Waals surface area contributed by atoms with Crippen molar-refractivity contribution in [2.45, 2.75) is 52.4 Å². The monoisotopic (exact) mass is 250 g/mol. The lowest BCUT2D eigenvalue weighted by Gasteiger charge is -1.92. The second kappa shape index (κ2) is 13.8. The molecule has 102 valence electrons. The number of ether oxygens (including phenoxy) is 1. The minimum absolute atomic E-state index is 0.280. The number of hydrogen-bond donors (Lipinski definition) is 0. The van der Waals surface area contributed by atoms with Gasteiger partial charge in [-0.25, -0.2) is 4.79 Å². The molecule has 0 aliphatic heterocycles. The van der Waals surface area contributed by atoms with E-state index in [9.17, 15) is 4.79 Å². The second-order valence-corrected chi connectivity index (χ2v) is 4.08. The van der Waals surface area contributed by atoms with E-state index < -0.39 is 0 Å². The Hall–Kier alpha value is -1.31. The van der Waals surface area contributed by atoms with E-state index in [0.717, 1.165) is 12.8 Å². The van der Waals surface area contributed by atoms with Gasteiger partial charge in [0, 0.05) is 6.08 Å². The first kappa shape index (κ1) is 16.7. The number of unbranched alkanes of at least 4 members (excludes halogenated alkanes) is 4. The zero-order chi connectivity index (χ0) is 13.5. The lowest BCUT2D eigenvalue weighted by molar-refractivity contribution is -0.137. The van der Waals surface area contributed by atoms with Crippen LogP contribution >= 0.6 is 0 Å². The summed E-state index contributed by atoms with van der Waals surface area (Å²) in [6.45, 7) is 4.45. The average Bonchev–Trinajstić information content (AvgIpc) is 2.36. The summed E-state index contributed by atoms with van der Waals surface area (Å²) in [5.41, 5.74) is 0. The summed E-state index contributed by atoms with van der Waals surface area (Å²) in [5.74, 6) is -0.280. The van der Waals surface area contributed by atoms with Crippen molar-refractivity contribution < 1.29 is 9.53 Å². The Morgan fingerprint density at radius 2 is 1.67 bits per heavy atom. The highest BCUT2D eigenvalue weighted by Gasteiger charge is 1.89. The standard InChI is InChI=1S/C16H26O2/c1-3-5-6-7-8-9-10-11-12-13-14-15-16(17)18-4-2/h8-9,12-15H,3-7,10-11H2,1-2H3/b9-8+,13-12+,15-14+. The molecule has 0 saturated carbocycles. The molecule has 2 nitrogen and oxygen atoms in total. The van der Waals surface area contributed by atoms with E-state index in [1.54, 1.807) is 13.0 Å². The van der Waals surface area contributed by atoms with Crippen LogP contribution in [0.1, 0.15) is 52.4 Å². The van der Waals surface area contributed by atoms with E-state index in [-0.39, 0.29) is 5.97 Å². The predicted octanol–water partition coefficient (Wildman–Crippen LogP) is 4.58. The molecule has 0 spiro atoms. The van der Waals surface area contributed by atoms with Gasteiger partial charge in [-0.2, -0.15) is 0 Å². The molecule has 0 bridgehead atoms. The maximum atomic E-state index is 10.9. The molecule has 0 aromatic carbocycles. The van der Waals surface area contributed by atoms with Gasteiger partial charge in [-0.3, -0.25) is 0 Å². The van der Waals surface area contributed by atoms with Crippen molar-refractivity contribution in [2.75, 3.05) is 6.61 Å². The van der Waals surface area contributed by atoms with Gasteiger partial charge in [0.2, 0.25) is 0 Å². The number of hydrogen-bond acceptors (Lipinski definition) is 2. The summed E-state index contributed by atoms with van der Waals surface area (Å²) in [5, 5.41) is 0. The summed E-state index contributed by atoms with van der Waals surface area (Å²) in [6.07, 6.45) is 18.8. The van der Waals surface area contributed by atoms with Crippen molar-refractivity contribution in [3.63, 3.8) is 0 Å². The molecule has 0 rings (SSSR count). The number of carbonyl (C=O) groups excluding carboxylic acids is 1. The van der Waals surface area contributed by atoms with Crippen molar-refractivity contribution in [1.82, 2.24) is 0 Å². The Morgan fingerprint density at radius 1 is 0.944 bits per heavy atom. The third-order valence-corrected chi connectivity index (χ3v) is 2.41. The van der Waals surface area contributed by atoms with Crippen LogP contribution in [-0.4, -0.2) is 12.6 Å². The van der Waals surface area contributed by atoms with Gasteiger partial charge < -0.3 is 4.74 Å². The van der Waals surface area contributed by atoms with Crippen LogP contribution in [0.25, 0.3) is 0 Å². The molecule has 0 radical (unpaired) electrons. The van der Waals surface area contributed by atoms with Crippen molar-refractivity contribution in [3.05, 3.63) is 36.5 Å². The minimum Gasteiger partial charge on any atom is -0.463 e. The summed E-state index contributed by atoms with van der Waals surface area (Å²) in [7, 11) is 0. The van der Waals surface area contributed by atoms with Gasteiger partial charge in [0.25, 0.3) is 0 Å². The molecule has 0 N–H and O–H groups in total. The van der Waals surface area contributed by atoms with E-state index in [1.807, 2.05) is 6.08 Å². The van der Waals surface area contributed by atoms with Crippen LogP contribution in [-0.2, 0) is 9.53 Å². The molecule has 0 aromatic rings. The van der Waals surface area contributed by atoms with Crippen LogP contribution in [0.2, 0.25) is 0 Å². The third-order valence-electron chi connectivity index (χ3n) is 2.41. The van der Waals surface area contributed by atoms with Crippen molar-refractivity contribution >= 4 is 5.97 Å². The SMILES string of the molecule is CCCCC/C=C/CC/C=C/C=C/C(=O)OCC. The van der Waals surface area contributed by atoms with Gasteiger partial charge in [-0.05, 0) is 32.6 Å². The van der Waals surface area contributed by atoms with Gasteiger partial charge in [0.1, 0.15) is 0 Å². The molecule has 18 heavy (non-hydrogen) atoms. The molecule has 2 heteroatoms. The van der Waals surface area contributed by atoms with Crippen molar-refractivity contribution in [1.29, 1.82) is 0 Å². The van der Waals surface area contributed by atoms with Gasteiger partial charge in [-0.1, -0.05) is 50.1 Å². The predicted molar refractivity (Wildman–Crippen MR) is 77.4 cm³/mol. The van der Waals surface area contributed by atoms with E-state index in [0.29, 0.717) is 6.61 Å². The lowest BCUT2D eigenvalue weighted by Crippen LogP contribution is -1.98. The Balaban J connectivity index is 3.45. The molecular weight excluding hydrogens is 224 g/mol. The number of allylic oxidation sites excluding steroid dienone is 5. The van der Waals surface area contributed by atoms with Crippen LogP contribution in [0.5, 0.6) is 0 Å². The Morgan fingerprint density at radius 3 is 2.39 bits per heavy atom. The smallest absolute Gasteiger partial charge is 0.330 e. The lowest BCUT2D eigenvalue weighted by atomic mass is 10.2. The highest BCUT2D eigenvalue weighted by atomic mass is 16.5. The molecule has 0 atom stereocenters. The van der Waals surface area contributed by atoms with E-state index in [4.69, 9.17) is 4.74 Å². The quantitative estimate of drug-likeness (QED) is 0.186. The molecular formula is C16H26O2. The molecule has 0 aromatic heterocycles.